The van der Waals surface area contributed by atoms with Crippen LogP contribution in [-0.2, 0) is 6.42 Å². The zero-order chi connectivity index (χ0) is 83.4. The summed E-state index contributed by atoms with van der Waals surface area (Å²) in [6, 6.07) is 121. The topological polar surface area (TPSA) is 105 Å². The van der Waals surface area contributed by atoms with Crippen LogP contribution in [0, 0.1) is 0 Å². The van der Waals surface area contributed by atoms with Gasteiger partial charge in [-0.1, -0.05) is 298 Å². The molecule has 0 aliphatic heterocycles. The number of nitrogens with zero attached hydrogens (tertiary/aromatic N) is 9. The van der Waals surface area contributed by atoms with Gasteiger partial charge >= 0.3 is 0 Å². The number of hydrogen-bond acceptors (Lipinski definition) is 9. The molecule has 0 saturated heterocycles. The maximum absolute atomic E-state index is 7.35. The molecule has 1 aliphatic rings. The van der Waals surface area contributed by atoms with Crippen LogP contribution in [0.25, 0.3) is 256 Å². The molecule has 1 atom stereocenters. The van der Waals surface area contributed by atoms with Crippen LogP contribution in [0.3, 0.4) is 0 Å². The van der Waals surface area contributed by atoms with E-state index < -0.39 is 0 Å². The van der Waals surface area contributed by atoms with E-state index >= 15 is 0 Å². The van der Waals surface area contributed by atoms with E-state index in [0.29, 0.717) is 17.8 Å². The maximum Gasteiger partial charge on any atom is 0.235 e. The van der Waals surface area contributed by atoms with Crippen LogP contribution in [-0.4, -0.2) is 43.6 Å². The summed E-state index contributed by atoms with van der Waals surface area (Å²) in [6.45, 7) is 6.09. The summed E-state index contributed by atoms with van der Waals surface area (Å²) in [5.74, 6) is 1.88. The molecule has 0 N–H and O–H groups in total. The van der Waals surface area contributed by atoms with Gasteiger partial charge in [0.15, 0.2) is 0 Å². The fourth-order valence-electron chi connectivity index (χ4n) is 20.8. The van der Waals surface area contributed by atoms with Gasteiger partial charge in [-0.15, -0.1) is 22.7 Å². The third kappa shape index (κ3) is 10.7. The van der Waals surface area contributed by atoms with E-state index in [1.807, 2.05) is 34.8 Å². The molecule has 0 saturated carbocycles. The van der Waals surface area contributed by atoms with Crippen molar-refractivity contribution in [3.05, 3.63) is 393 Å². The Labute approximate surface area is 733 Å². The minimum absolute atomic E-state index is 0.0470. The zero-order valence-electron chi connectivity index (χ0n) is 68.5. The number of benzene rings is 17. The monoisotopic (exact) mass is 1660 g/mol. The highest BCUT2D eigenvalue weighted by Gasteiger charge is 2.31. The van der Waals surface area contributed by atoms with Gasteiger partial charge in [-0.3, -0.25) is 13.7 Å². The van der Waals surface area contributed by atoms with Crippen molar-refractivity contribution in [3.63, 3.8) is 0 Å². The molecule has 0 fully saturated rings. The second-order valence-electron chi connectivity index (χ2n) is 33.5. The maximum atomic E-state index is 7.35. The number of furan rings is 1. The number of thiophene rings is 2. The zero-order valence-corrected chi connectivity index (χ0v) is 70.1. The number of allylic oxidation sites excluding steroid dienone is 6. The average molecular weight is 1660 g/mol. The molecule has 0 bridgehead atoms. The first kappa shape index (κ1) is 71.5. The van der Waals surface area contributed by atoms with Gasteiger partial charge < -0.3 is 4.42 Å². The summed E-state index contributed by atoms with van der Waals surface area (Å²) in [6.07, 6.45) is 13.3. The van der Waals surface area contributed by atoms with Crippen LogP contribution < -0.4 is 0 Å². The fraction of sp³-hybridized carbons (Fsp3) is 0.0261. The molecule has 0 radical (unpaired) electrons. The normalized spacial score (nSPS) is 13.5. The lowest BCUT2D eigenvalue weighted by Gasteiger charge is -2.20. The second kappa shape index (κ2) is 27.7. The molecule has 9 aromatic heterocycles. The molecular weight excluding hydrogens is 1590 g/mol. The largest absolute Gasteiger partial charge is 0.455 e. The first-order valence-electron chi connectivity index (χ1n) is 43.1. The van der Waals surface area contributed by atoms with Crippen LogP contribution in [0.1, 0.15) is 35.4 Å². The summed E-state index contributed by atoms with van der Waals surface area (Å²) in [7, 11) is 0. The number of aromatic nitrogens is 9. The van der Waals surface area contributed by atoms with Gasteiger partial charge in [0, 0.05) is 128 Å². The van der Waals surface area contributed by atoms with Crippen molar-refractivity contribution in [1.82, 2.24) is 43.6 Å². The molecule has 26 aromatic rings. The third-order valence-electron chi connectivity index (χ3n) is 26.5. The van der Waals surface area contributed by atoms with Crippen LogP contribution in [0.2, 0.25) is 0 Å². The highest BCUT2D eigenvalue weighted by atomic mass is 32.1. The summed E-state index contributed by atoms with van der Waals surface area (Å²) in [4.78, 5) is 33.8. The van der Waals surface area contributed by atoms with Crippen LogP contribution >= 0.6 is 22.7 Å². The van der Waals surface area contributed by atoms with Crippen LogP contribution in [0.15, 0.2) is 375 Å². The lowest BCUT2D eigenvalue weighted by atomic mass is 9.87. The van der Waals surface area contributed by atoms with Gasteiger partial charge in [0.05, 0.1) is 71.6 Å². The number of fused-ring (bicyclic) bond motifs is 33. The van der Waals surface area contributed by atoms with Crippen molar-refractivity contribution in [1.29, 1.82) is 0 Å². The Morgan fingerprint density at radius 2 is 0.843 bits per heavy atom. The summed E-state index contributed by atoms with van der Waals surface area (Å²) >= 11 is 3.71. The van der Waals surface area contributed by atoms with E-state index in [9.17, 15) is 0 Å². The van der Waals surface area contributed by atoms with Gasteiger partial charge in [0.1, 0.15) is 11.2 Å². The summed E-state index contributed by atoms with van der Waals surface area (Å²) in [5, 5.41) is 22.5. The second-order valence-corrected chi connectivity index (χ2v) is 35.6. The van der Waals surface area contributed by atoms with Crippen LogP contribution in [0.4, 0.5) is 0 Å². The first-order valence-corrected chi connectivity index (χ1v) is 44.7. The predicted octanol–water partition coefficient (Wildman–Crippen LogP) is 30.9. The van der Waals surface area contributed by atoms with Gasteiger partial charge in [-0.2, -0.15) is 0 Å². The molecule has 1 unspecified atom stereocenters. The van der Waals surface area contributed by atoms with E-state index in [2.05, 4.69) is 379 Å². The molecule has 12 heteroatoms. The molecule has 27 rings (SSSR count). The molecule has 9 heterocycles. The average Bonchev–Trinajstić information content (AvgIpc) is 1.55. The van der Waals surface area contributed by atoms with E-state index in [0.717, 1.165) is 177 Å². The minimum Gasteiger partial charge on any atom is -0.455 e. The lowest BCUT2D eigenvalue weighted by molar-refractivity contribution is 0.673. The van der Waals surface area contributed by atoms with Crippen molar-refractivity contribution >= 4 is 216 Å². The quantitative estimate of drug-likeness (QED) is 0.119. The first-order chi connectivity index (χ1) is 62.9. The fourth-order valence-corrected chi connectivity index (χ4v) is 23.3. The molecule has 10 nitrogen and oxygen atoms in total. The molecule has 127 heavy (non-hydrogen) atoms. The molecule has 0 spiro atoms. The van der Waals surface area contributed by atoms with Gasteiger partial charge in [-0.25, -0.2) is 29.9 Å². The van der Waals surface area contributed by atoms with Crippen molar-refractivity contribution in [3.8, 4) is 62.6 Å². The molecular formula is C115H69N9OS2. The Bertz CT molecular complexity index is 9470. The van der Waals surface area contributed by atoms with Crippen molar-refractivity contribution in [2.24, 2.45) is 0 Å². The smallest absolute Gasteiger partial charge is 0.235 e. The van der Waals surface area contributed by atoms with Crippen molar-refractivity contribution < 1.29 is 4.42 Å². The van der Waals surface area contributed by atoms with Crippen molar-refractivity contribution in [2.45, 2.75) is 19.3 Å². The predicted molar refractivity (Wildman–Crippen MR) is 533 cm³/mol. The molecule has 592 valence electrons. The number of rotatable bonds is 11. The Hall–Kier alpha value is -16.1. The number of para-hydroxylation sites is 5. The van der Waals surface area contributed by atoms with E-state index in [1.165, 1.54) is 83.8 Å². The third-order valence-corrected chi connectivity index (χ3v) is 28.8. The SMILES string of the molecule is C=C/C=C\C=C(/C)c1cc(C2C=Cc3ccccc3C2)nc(-n2c3ccccc3c3c4ccc(-c5cccc(-c6nc(-n7c8ccccc8c8c9c%10ccc(-c%11cccc(-c%12nc(-n%13c%14ccccc%14c%14c%15c%16ccccc%16sc%15c%15ccccc%15c%14%13)nc%13ccccc%12%13)c%11)cc%10oc9c9ccccc9c87)nc7ccccc67)c5)cc4c4c5ccccc5sc4c32)n1. The standard InChI is InChI=1S/C115H69N9OS2/c1-3-4-5-28-65(2)91-64-92(72-54-53-66-29-6-7-30-67(66)59-72)119-113(118-91)124-93-48-21-14-41-82(93)99-75-57-55-70(62-88(75)100-86-44-17-24-51-97(86)127-112(100)109(99)124)68-31-26-33-73(60-68)105-80-39-12-19-46-89(80)116-114(120-105)122-94-49-22-15-42-83(94)101-103-85-58-56-71(63-96(85)125-110(103)78-37-10-8-35-76(78)107(101)122)69-32-27-34-74(61-69)106-81-40-13-20-47-90(81)117-115(121-106)123-95-50-23-16-43-84(95)102-104-87-45-18-25-52-98(87)126-111(104)79-38-11-9-36-77(79)108(102)123/h3-58,60-64,72H,1,59H2,2H3/b5-4-,65-28+. The molecule has 1 aliphatic carbocycles. The highest BCUT2D eigenvalue weighted by molar-refractivity contribution is 7.27. The minimum atomic E-state index is 0.0470. The Kier molecular flexibility index (Phi) is 15.6. The lowest BCUT2D eigenvalue weighted by Crippen LogP contribution is -2.12. The Morgan fingerprint density at radius 3 is 1.49 bits per heavy atom. The molecule has 17 aromatic carbocycles. The summed E-state index contributed by atoms with van der Waals surface area (Å²) in [5.41, 5.74) is 22.9. The Balaban J connectivity index is 0.591. The highest BCUT2D eigenvalue weighted by Crippen LogP contribution is 2.53. The molecule has 0 amide bonds. The summed E-state index contributed by atoms with van der Waals surface area (Å²) < 4.78 is 19.3. The van der Waals surface area contributed by atoms with Gasteiger partial charge in [0.25, 0.3) is 0 Å². The van der Waals surface area contributed by atoms with E-state index in [1.54, 1.807) is 6.08 Å². The van der Waals surface area contributed by atoms with Crippen molar-refractivity contribution in [2.75, 3.05) is 0 Å². The van der Waals surface area contributed by atoms with E-state index in [-0.39, 0.29) is 5.92 Å². The van der Waals surface area contributed by atoms with E-state index in [4.69, 9.17) is 34.3 Å². The van der Waals surface area contributed by atoms with Crippen LogP contribution in [0.5, 0.6) is 0 Å². The number of hydrogen-bond donors (Lipinski definition) is 0. The van der Waals surface area contributed by atoms with Gasteiger partial charge in [0.2, 0.25) is 17.8 Å². The Morgan fingerprint density at radius 1 is 0.354 bits per heavy atom. The van der Waals surface area contributed by atoms with Gasteiger partial charge in [-0.05, 0) is 142 Å².